The largest absolute Gasteiger partial charge is 1.00 e. The lowest BCUT2D eigenvalue weighted by molar-refractivity contribution is -0.217. The molecule has 1 aromatic rings. The zero-order chi connectivity index (χ0) is 11.9. The van der Waals surface area contributed by atoms with E-state index in [1.165, 1.54) is 5.56 Å². The van der Waals surface area contributed by atoms with Crippen LogP contribution >= 0.6 is 12.2 Å². The maximum absolute atomic E-state index is 5.33. The van der Waals surface area contributed by atoms with E-state index in [1.807, 2.05) is 12.3 Å². The van der Waals surface area contributed by atoms with Crippen molar-refractivity contribution in [1.29, 1.82) is 0 Å². The van der Waals surface area contributed by atoms with Crippen molar-refractivity contribution in [2.75, 3.05) is 0 Å². The second kappa shape index (κ2) is 5.01. The Kier molecular flexibility index (Phi) is 4.28. The fourth-order valence-electron chi connectivity index (χ4n) is 3.06. The van der Waals surface area contributed by atoms with Gasteiger partial charge in [0.25, 0.3) is 0 Å². The van der Waals surface area contributed by atoms with Crippen molar-refractivity contribution in [3.63, 3.8) is 0 Å². The first-order valence-corrected chi connectivity index (χ1v) is 6.15. The maximum atomic E-state index is 5.33. The summed E-state index contributed by atoms with van der Waals surface area (Å²) in [6, 6.07) is 4.18. The molecule has 0 radical (unpaired) electrons. The molecule has 0 aromatic carbocycles. The number of halogens is 1. The van der Waals surface area contributed by atoms with E-state index >= 15 is 0 Å². The summed E-state index contributed by atoms with van der Waals surface area (Å²) in [5.74, 6) is 0.777. The molecule has 0 fully saturated rings. The summed E-state index contributed by atoms with van der Waals surface area (Å²) in [5, 5.41) is 0. The van der Waals surface area contributed by atoms with Gasteiger partial charge in [-0.3, -0.25) is 4.98 Å². The predicted octanol–water partition coefficient (Wildman–Crippen LogP) is -0.728. The van der Waals surface area contributed by atoms with Crippen LogP contribution in [-0.4, -0.2) is 9.97 Å². The van der Waals surface area contributed by atoms with Crippen molar-refractivity contribution in [3.8, 4) is 0 Å². The quantitative estimate of drug-likeness (QED) is 0.684. The monoisotopic (exact) mass is 270 g/mol. The van der Waals surface area contributed by atoms with Crippen molar-refractivity contribution >= 4 is 17.2 Å². The molecule has 0 saturated carbocycles. The Balaban J connectivity index is 0.00000144. The minimum Gasteiger partial charge on any atom is -1.00 e. The average Bonchev–Trinajstić information content (AvgIpc) is 2.15. The van der Waals surface area contributed by atoms with Crippen molar-refractivity contribution in [2.45, 2.75) is 39.0 Å². The zero-order valence-electron chi connectivity index (χ0n) is 10.5. The Labute approximate surface area is 114 Å². The van der Waals surface area contributed by atoms with E-state index in [4.69, 9.17) is 12.2 Å². The Morgan fingerprint density at radius 1 is 1.53 bits per heavy atom. The lowest BCUT2D eigenvalue weighted by atomic mass is 9.64. The van der Waals surface area contributed by atoms with Crippen LogP contribution in [0.25, 0.3) is 0 Å². The van der Waals surface area contributed by atoms with Gasteiger partial charge in [0, 0.05) is 6.20 Å². The first-order chi connectivity index (χ1) is 7.43. The molecule has 17 heavy (non-hydrogen) atoms. The molecule has 0 saturated heterocycles. The van der Waals surface area contributed by atoms with Crippen LogP contribution in [0.1, 0.15) is 50.3 Å². The van der Waals surface area contributed by atoms with Gasteiger partial charge in [0.05, 0.1) is 11.6 Å². The molecular formula is C13H19ClN2S. The molecule has 1 aliphatic carbocycles. The molecule has 1 heterocycles. The van der Waals surface area contributed by atoms with Gasteiger partial charge in [-0.25, -0.2) is 0 Å². The van der Waals surface area contributed by atoms with Gasteiger partial charge in [0.2, 0.25) is 0 Å². The minimum absolute atomic E-state index is 0. The Morgan fingerprint density at radius 2 is 2.18 bits per heavy atom. The summed E-state index contributed by atoms with van der Waals surface area (Å²) in [7, 11) is 0. The van der Waals surface area contributed by atoms with Gasteiger partial charge in [-0.2, -0.15) is 0 Å². The molecule has 2 unspecified atom stereocenters. The number of hydrogen-bond donors (Lipinski definition) is 1. The average molecular weight is 271 g/mol. The highest BCUT2D eigenvalue weighted by molar-refractivity contribution is 7.80. The van der Waals surface area contributed by atoms with Crippen molar-refractivity contribution in [3.05, 3.63) is 29.6 Å². The molecule has 0 bridgehead atoms. The summed E-state index contributed by atoms with van der Waals surface area (Å²) in [4.78, 5) is 5.36. The first kappa shape index (κ1) is 14.6. The number of pyridine rings is 1. The van der Waals surface area contributed by atoms with Crippen LogP contribution in [0.3, 0.4) is 0 Å². The summed E-state index contributed by atoms with van der Waals surface area (Å²) >= 11 is 5.33. The molecule has 0 spiro atoms. The first-order valence-electron chi connectivity index (χ1n) is 5.74. The molecule has 2 atom stereocenters. The smallest absolute Gasteiger partial charge is 0.178 e. The topological polar surface area (TPSA) is 40.5 Å². The Hall–Kier alpha value is -0.510. The second-order valence-electron chi connectivity index (χ2n) is 5.47. The molecule has 94 valence electrons. The third kappa shape index (κ3) is 2.51. The highest BCUT2D eigenvalue weighted by Gasteiger charge is 2.42. The van der Waals surface area contributed by atoms with Gasteiger partial charge < -0.3 is 18.1 Å². The van der Waals surface area contributed by atoms with E-state index < -0.39 is 0 Å². The zero-order valence-corrected chi connectivity index (χ0v) is 12.1. The van der Waals surface area contributed by atoms with Crippen LogP contribution in [0, 0.1) is 5.41 Å². The van der Waals surface area contributed by atoms with E-state index in [-0.39, 0.29) is 23.7 Å². The predicted molar refractivity (Wildman–Crippen MR) is 69.3 cm³/mol. The molecular weight excluding hydrogens is 252 g/mol. The normalized spacial score (nSPS) is 25.6. The van der Waals surface area contributed by atoms with Crippen molar-refractivity contribution < 1.29 is 18.1 Å². The molecule has 0 aliphatic heterocycles. The van der Waals surface area contributed by atoms with Gasteiger partial charge in [-0.15, -0.1) is 0 Å². The van der Waals surface area contributed by atoms with E-state index in [1.54, 1.807) is 0 Å². The lowest BCUT2D eigenvalue weighted by Crippen LogP contribution is -3.00. The van der Waals surface area contributed by atoms with Crippen LogP contribution in [0.5, 0.6) is 0 Å². The highest BCUT2D eigenvalue weighted by Crippen LogP contribution is 2.48. The van der Waals surface area contributed by atoms with Gasteiger partial charge in [-0.1, -0.05) is 26.8 Å². The highest BCUT2D eigenvalue weighted by atomic mass is 35.5. The van der Waals surface area contributed by atoms with Crippen LogP contribution in [0.2, 0.25) is 0 Å². The number of rotatable bonds is 1. The van der Waals surface area contributed by atoms with E-state index in [2.05, 4.69) is 37.6 Å². The van der Waals surface area contributed by atoms with E-state index in [9.17, 15) is 0 Å². The molecule has 2 rings (SSSR count). The van der Waals surface area contributed by atoms with Crippen LogP contribution in [0.15, 0.2) is 18.3 Å². The number of aromatic nitrogens is 1. The lowest BCUT2D eigenvalue weighted by Gasteiger charge is -2.40. The van der Waals surface area contributed by atoms with Crippen LogP contribution < -0.4 is 18.1 Å². The molecule has 4 heteroatoms. The van der Waals surface area contributed by atoms with Gasteiger partial charge in [0.15, 0.2) is 4.99 Å². The van der Waals surface area contributed by atoms with Gasteiger partial charge in [-0.05, 0) is 41.6 Å². The standard InChI is InChI=1S/C13H18N2S.ClH/c1-8-7-13(2,3)10(12(14)16)11-9(8)5-4-6-15-11;/h4-6,8,10H,7H2,1-3H3,(H2,14,16);1H. The maximum Gasteiger partial charge on any atom is 0.178 e. The van der Waals surface area contributed by atoms with E-state index in [0.717, 1.165) is 17.1 Å². The Morgan fingerprint density at radius 3 is 2.76 bits per heavy atom. The van der Waals surface area contributed by atoms with Gasteiger partial charge in [0.1, 0.15) is 0 Å². The summed E-state index contributed by atoms with van der Waals surface area (Å²) in [6.45, 7) is 6.80. The SMILES string of the molecule is CC1CC(C)(C)C(C([NH3+])=S)c2ncccc21.[Cl-]. The van der Waals surface area contributed by atoms with Crippen molar-refractivity contribution in [2.24, 2.45) is 5.41 Å². The molecule has 3 N–H and O–H groups in total. The van der Waals surface area contributed by atoms with Crippen LogP contribution in [0.4, 0.5) is 0 Å². The minimum atomic E-state index is 0. The third-order valence-corrected chi connectivity index (χ3v) is 3.85. The Bertz CT molecular complexity index is 431. The van der Waals surface area contributed by atoms with E-state index in [0.29, 0.717) is 5.92 Å². The van der Waals surface area contributed by atoms with Crippen molar-refractivity contribution in [1.82, 2.24) is 4.98 Å². The summed E-state index contributed by atoms with van der Waals surface area (Å²) < 4.78 is 0. The molecule has 2 nitrogen and oxygen atoms in total. The molecule has 1 aromatic heterocycles. The number of quaternary nitrogens is 1. The number of fused-ring (bicyclic) bond motifs is 1. The summed E-state index contributed by atoms with van der Waals surface area (Å²) in [6.07, 6.45) is 3.00. The summed E-state index contributed by atoms with van der Waals surface area (Å²) in [5.41, 5.74) is 6.63. The fourth-order valence-corrected chi connectivity index (χ4v) is 3.49. The second-order valence-corrected chi connectivity index (χ2v) is 6.00. The molecule has 0 amide bonds. The fraction of sp³-hybridized carbons (Fsp3) is 0.538. The van der Waals surface area contributed by atoms with Gasteiger partial charge >= 0.3 is 0 Å². The molecule has 1 aliphatic rings. The number of hydrogen-bond acceptors (Lipinski definition) is 2. The van der Waals surface area contributed by atoms with Crippen LogP contribution in [-0.2, 0) is 0 Å². The number of nitrogens with zero attached hydrogens (tertiary/aromatic N) is 1. The number of thiocarbonyl (C=S) groups is 1. The third-order valence-electron chi connectivity index (χ3n) is 3.61.